The fourth-order valence-electron chi connectivity index (χ4n) is 2.55. The minimum atomic E-state index is 0.786. The molecule has 1 aliphatic rings. The molecule has 3 atom stereocenters. The number of hydrogen-bond acceptors (Lipinski definition) is 0. The van der Waals surface area contributed by atoms with E-state index in [0.717, 1.165) is 23.7 Å². The Hall–Kier alpha value is -0.260. The summed E-state index contributed by atoms with van der Waals surface area (Å²) in [5.74, 6) is 3.44. The summed E-state index contributed by atoms with van der Waals surface area (Å²) in [5, 5.41) is 0. The minimum absolute atomic E-state index is 0.786. The highest BCUT2D eigenvalue weighted by molar-refractivity contribution is 4.90. The summed E-state index contributed by atoms with van der Waals surface area (Å²) < 4.78 is 0. The van der Waals surface area contributed by atoms with Crippen LogP contribution < -0.4 is 0 Å². The molecule has 0 nitrogen and oxygen atoms in total. The molecule has 1 rings (SSSR count). The van der Waals surface area contributed by atoms with E-state index in [-0.39, 0.29) is 0 Å². The second-order valence-corrected chi connectivity index (χ2v) is 4.73. The molecule has 1 aliphatic carbocycles. The Morgan fingerprint density at radius 1 is 1.33 bits per heavy atom. The van der Waals surface area contributed by atoms with Gasteiger partial charge >= 0.3 is 0 Å². The molecular weight excluding hydrogens is 144 g/mol. The molecule has 0 aromatic rings. The Balaban J connectivity index is 2.56. The molecule has 0 heterocycles. The molecule has 0 bridgehead atoms. The van der Waals surface area contributed by atoms with Crippen molar-refractivity contribution in [1.29, 1.82) is 0 Å². The maximum absolute atomic E-state index is 3.95. The maximum Gasteiger partial charge on any atom is -0.0203 e. The monoisotopic (exact) mass is 166 g/mol. The molecule has 1 saturated carbocycles. The standard InChI is InChI=1S/C12H22/c1-5-11-8-10(4)6-7-12(11)9(2)3/h5,9-12H,1,6-8H2,2-4H3/t10-,11-,12+/m1/s1. The van der Waals surface area contributed by atoms with Gasteiger partial charge in [0.1, 0.15) is 0 Å². The Bertz CT molecular complexity index is 146. The topological polar surface area (TPSA) is 0 Å². The van der Waals surface area contributed by atoms with E-state index in [4.69, 9.17) is 0 Å². The fourth-order valence-corrected chi connectivity index (χ4v) is 2.55. The quantitative estimate of drug-likeness (QED) is 0.546. The first-order valence-corrected chi connectivity index (χ1v) is 5.27. The third kappa shape index (κ3) is 2.12. The van der Waals surface area contributed by atoms with E-state index in [2.05, 4.69) is 33.4 Å². The van der Waals surface area contributed by atoms with Crippen LogP contribution in [0.5, 0.6) is 0 Å². The molecule has 0 spiro atoms. The van der Waals surface area contributed by atoms with Crippen LogP contribution in [-0.4, -0.2) is 0 Å². The van der Waals surface area contributed by atoms with Crippen molar-refractivity contribution in [1.82, 2.24) is 0 Å². The van der Waals surface area contributed by atoms with Crippen LogP contribution in [0.1, 0.15) is 40.0 Å². The minimum Gasteiger partial charge on any atom is -0.103 e. The van der Waals surface area contributed by atoms with Crippen LogP contribution in [0, 0.1) is 23.7 Å². The number of hydrogen-bond donors (Lipinski definition) is 0. The summed E-state index contributed by atoms with van der Waals surface area (Å²) in [6, 6.07) is 0. The summed E-state index contributed by atoms with van der Waals surface area (Å²) in [5.41, 5.74) is 0. The van der Waals surface area contributed by atoms with Crippen molar-refractivity contribution in [2.24, 2.45) is 23.7 Å². The predicted octanol–water partition coefficient (Wildman–Crippen LogP) is 3.88. The zero-order valence-corrected chi connectivity index (χ0v) is 8.72. The van der Waals surface area contributed by atoms with Crippen LogP contribution in [0.25, 0.3) is 0 Å². The Labute approximate surface area is 77.1 Å². The van der Waals surface area contributed by atoms with E-state index in [1.165, 1.54) is 19.3 Å². The maximum atomic E-state index is 3.95. The average molecular weight is 166 g/mol. The highest BCUT2D eigenvalue weighted by atomic mass is 14.3. The smallest absolute Gasteiger partial charge is 0.0203 e. The average Bonchev–Trinajstić information content (AvgIpc) is 2.03. The molecule has 1 fully saturated rings. The van der Waals surface area contributed by atoms with Gasteiger partial charge in [-0.2, -0.15) is 0 Å². The second-order valence-electron chi connectivity index (χ2n) is 4.73. The van der Waals surface area contributed by atoms with Crippen LogP contribution in [0.3, 0.4) is 0 Å². The van der Waals surface area contributed by atoms with Crippen LogP contribution in [-0.2, 0) is 0 Å². The zero-order valence-electron chi connectivity index (χ0n) is 8.72. The van der Waals surface area contributed by atoms with Gasteiger partial charge in [-0.05, 0) is 36.5 Å². The van der Waals surface area contributed by atoms with E-state index in [9.17, 15) is 0 Å². The zero-order chi connectivity index (χ0) is 9.14. The third-order valence-electron chi connectivity index (χ3n) is 3.38. The largest absolute Gasteiger partial charge is 0.103 e. The van der Waals surface area contributed by atoms with Gasteiger partial charge < -0.3 is 0 Å². The Morgan fingerprint density at radius 3 is 2.50 bits per heavy atom. The molecule has 0 saturated heterocycles. The van der Waals surface area contributed by atoms with Crippen LogP contribution >= 0.6 is 0 Å². The fraction of sp³-hybridized carbons (Fsp3) is 0.833. The van der Waals surface area contributed by atoms with E-state index in [1.807, 2.05) is 0 Å². The van der Waals surface area contributed by atoms with Crippen molar-refractivity contribution in [2.45, 2.75) is 40.0 Å². The molecule has 0 aliphatic heterocycles. The van der Waals surface area contributed by atoms with Crippen LogP contribution in [0.15, 0.2) is 12.7 Å². The molecule has 0 unspecified atom stereocenters. The first-order valence-electron chi connectivity index (χ1n) is 5.27. The van der Waals surface area contributed by atoms with Crippen molar-refractivity contribution in [3.8, 4) is 0 Å². The Morgan fingerprint density at radius 2 is 2.00 bits per heavy atom. The molecule has 0 amide bonds. The second kappa shape index (κ2) is 4.11. The van der Waals surface area contributed by atoms with Gasteiger partial charge in [-0.15, -0.1) is 6.58 Å². The van der Waals surface area contributed by atoms with Gasteiger partial charge in [0.15, 0.2) is 0 Å². The summed E-state index contributed by atoms with van der Waals surface area (Å²) in [7, 11) is 0. The van der Waals surface area contributed by atoms with Crippen molar-refractivity contribution in [3.63, 3.8) is 0 Å². The number of allylic oxidation sites excluding steroid dienone is 1. The normalized spacial score (nSPS) is 36.8. The lowest BCUT2D eigenvalue weighted by Gasteiger charge is -2.35. The first kappa shape index (κ1) is 9.83. The summed E-state index contributed by atoms with van der Waals surface area (Å²) in [6.07, 6.45) is 6.38. The van der Waals surface area contributed by atoms with E-state index < -0.39 is 0 Å². The molecule has 0 aromatic carbocycles. The Kier molecular flexibility index (Phi) is 3.37. The predicted molar refractivity (Wildman–Crippen MR) is 55.0 cm³/mol. The molecule has 0 N–H and O–H groups in total. The highest BCUT2D eigenvalue weighted by Gasteiger charge is 2.28. The van der Waals surface area contributed by atoms with Gasteiger partial charge in [0.25, 0.3) is 0 Å². The number of rotatable bonds is 2. The van der Waals surface area contributed by atoms with E-state index >= 15 is 0 Å². The molecule has 12 heavy (non-hydrogen) atoms. The SMILES string of the molecule is C=C[C@@H]1C[C@H](C)CC[C@H]1C(C)C. The van der Waals surface area contributed by atoms with Gasteiger partial charge in [-0.1, -0.05) is 33.3 Å². The van der Waals surface area contributed by atoms with Gasteiger partial charge in [0, 0.05) is 0 Å². The van der Waals surface area contributed by atoms with Crippen molar-refractivity contribution < 1.29 is 0 Å². The third-order valence-corrected chi connectivity index (χ3v) is 3.38. The molecule has 0 radical (unpaired) electrons. The summed E-state index contributed by atoms with van der Waals surface area (Å²) in [4.78, 5) is 0. The molecular formula is C12H22. The van der Waals surface area contributed by atoms with E-state index in [1.54, 1.807) is 0 Å². The lowest BCUT2D eigenvalue weighted by Crippen LogP contribution is -2.26. The van der Waals surface area contributed by atoms with Crippen molar-refractivity contribution >= 4 is 0 Å². The molecule has 70 valence electrons. The lowest BCUT2D eigenvalue weighted by atomic mass is 9.70. The van der Waals surface area contributed by atoms with Gasteiger partial charge in [-0.3, -0.25) is 0 Å². The van der Waals surface area contributed by atoms with Crippen LogP contribution in [0.4, 0.5) is 0 Å². The van der Waals surface area contributed by atoms with Gasteiger partial charge in [0.2, 0.25) is 0 Å². The summed E-state index contributed by atoms with van der Waals surface area (Å²) in [6.45, 7) is 11.0. The summed E-state index contributed by atoms with van der Waals surface area (Å²) >= 11 is 0. The first-order chi connectivity index (χ1) is 5.65. The van der Waals surface area contributed by atoms with Crippen LogP contribution in [0.2, 0.25) is 0 Å². The van der Waals surface area contributed by atoms with Gasteiger partial charge in [-0.25, -0.2) is 0 Å². The molecule has 0 aromatic heterocycles. The van der Waals surface area contributed by atoms with Gasteiger partial charge in [0.05, 0.1) is 0 Å². The molecule has 0 heteroatoms. The van der Waals surface area contributed by atoms with Crippen molar-refractivity contribution in [2.75, 3.05) is 0 Å². The van der Waals surface area contributed by atoms with Crippen molar-refractivity contribution in [3.05, 3.63) is 12.7 Å². The lowest BCUT2D eigenvalue weighted by molar-refractivity contribution is 0.179. The highest BCUT2D eigenvalue weighted by Crippen LogP contribution is 2.38. The van der Waals surface area contributed by atoms with E-state index in [0.29, 0.717) is 0 Å².